The van der Waals surface area contributed by atoms with E-state index in [2.05, 4.69) is 17.4 Å². The van der Waals surface area contributed by atoms with Gasteiger partial charge in [0.15, 0.2) is 0 Å². The number of rotatable bonds is 5. The van der Waals surface area contributed by atoms with Crippen molar-refractivity contribution in [1.82, 2.24) is 10.2 Å². The third kappa shape index (κ3) is 4.57. The average molecular weight is 342 g/mol. The summed E-state index contributed by atoms with van der Waals surface area (Å²) in [5.74, 6) is -0.0333. The number of halogens is 1. The second-order valence-corrected chi connectivity index (χ2v) is 6.42. The molecule has 1 saturated heterocycles. The first-order valence-electron chi connectivity index (χ1n) is 8.53. The van der Waals surface area contributed by atoms with E-state index in [1.807, 2.05) is 24.3 Å². The van der Waals surface area contributed by atoms with Gasteiger partial charge in [-0.1, -0.05) is 42.5 Å². The molecule has 1 N–H and O–H groups in total. The molecule has 0 aliphatic carbocycles. The molecule has 1 heterocycles. The van der Waals surface area contributed by atoms with Crippen LogP contribution in [-0.4, -0.2) is 31.1 Å². The highest BCUT2D eigenvalue weighted by molar-refractivity contribution is 5.73. The predicted molar refractivity (Wildman–Crippen MR) is 94.5 cm³/mol. The summed E-state index contributed by atoms with van der Waals surface area (Å²) in [6.45, 7) is 1.64. The van der Waals surface area contributed by atoms with Crippen molar-refractivity contribution in [3.63, 3.8) is 0 Å². The Morgan fingerprint density at radius 1 is 1.24 bits per heavy atom. The fourth-order valence-corrected chi connectivity index (χ4v) is 3.19. The molecule has 25 heavy (non-hydrogen) atoms. The van der Waals surface area contributed by atoms with Crippen molar-refractivity contribution >= 4 is 6.03 Å². The lowest BCUT2D eigenvalue weighted by atomic mass is 9.95. The lowest BCUT2D eigenvalue weighted by Gasteiger charge is -2.22. The van der Waals surface area contributed by atoms with Crippen molar-refractivity contribution in [2.75, 3.05) is 20.2 Å². The molecule has 0 radical (unpaired) electrons. The summed E-state index contributed by atoms with van der Waals surface area (Å²) in [6.07, 6.45) is 0.947. The van der Waals surface area contributed by atoms with E-state index in [1.54, 1.807) is 18.0 Å². The van der Waals surface area contributed by atoms with Crippen molar-refractivity contribution in [2.45, 2.75) is 19.1 Å². The SMILES string of the molecule is CN(Cc1cccc(F)c1)C(=O)NC[C@@H]1CCO[C@H]1c1ccccc1. The second-order valence-electron chi connectivity index (χ2n) is 6.42. The van der Waals surface area contributed by atoms with Crippen molar-refractivity contribution in [1.29, 1.82) is 0 Å². The third-order valence-electron chi connectivity index (χ3n) is 4.51. The molecular weight excluding hydrogens is 319 g/mol. The van der Waals surface area contributed by atoms with E-state index < -0.39 is 0 Å². The van der Waals surface area contributed by atoms with Crippen LogP contribution in [0.3, 0.4) is 0 Å². The summed E-state index contributed by atoms with van der Waals surface area (Å²) in [6, 6.07) is 16.2. The summed E-state index contributed by atoms with van der Waals surface area (Å²) < 4.78 is 19.1. The lowest BCUT2D eigenvalue weighted by molar-refractivity contribution is 0.0906. The standard InChI is InChI=1S/C20H23FN2O2/c1-23(14-15-6-5-9-18(21)12-15)20(24)22-13-17-10-11-25-19(17)16-7-3-2-4-8-16/h2-9,12,17,19H,10-11,13-14H2,1H3,(H,22,24)/t17-,19-/m0/s1. The molecule has 132 valence electrons. The van der Waals surface area contributed by atoms with Gasteiger partial charge in [0.2, 0.25) is 0 Å². The minimum Gasteiger partial charge on any atom is -0.373 e. The number of carbonyl (C=O) groups excluding carboxylic acids is 1. The molecule has 2 atom stereocenters. The van der Waals surface area contributed by atoms with E-state index >= 15 is 0 Å². The molecule has 0 bridgehead atoms. The number of nitrogens with zero attached hydrogens (tertiary/aromatic N) is 1. The van der Waals surface area contributed by atoms with Crippen LogP contribution in [0.1, 0.15) is 23.7 Å². The molecule has 3 rings (SSSR count). The van der Waals surface area contributed by atoms with E-state index in [4.69, 9.17) is 4.74 Å². The summed E-state index contributed by atoms with van der Waals surface area (Å²) in [4.78, 5) is 13.9. The molecule has 1 aliphatic rings. The lowest BCUT2D eigenvalue weighted by Crippen LogP contribution is -2.39. The van der Waals surface area contributed by atoms with Gasteiger partial charge in [-0.25, -0.2) is 9.18 Å². The van der Waals surface area contributed by atoms with Gasteiger partial charge in [0.05, 0.1) is 6.10 Å². The van der Waals surface area contributed by atoms with E-state index in [9.17, 15) is 9.18 Å². The van der Waals surface area contributed by atoms with E-state index in [0.29, 0.717) is 19.7 Å². The van der Waals surface area contributed by atoms with Crippen molar-refractivity contribution < 1.29 is 13.9 Å². The number of ether oxygens (including phenoxy) is 1. The zero-order valence-electron chi connectivity index (χ0n) is 14.3. The monoisotopic (exact) mass is 342 g/mol. The van der Waals surface area contributed by atoms with Gasteiger partial charge >= 0.3 is 6.03 Å². The first-order valence-corrected chi connectivity index (χ1v) is 8.53. The van der Waals surface area contributed by atoms with Crippen molar-refractivity contribution in [2.24, 2.45) is 5.92 Å². The molecule has 0 saturated carbocycles. The van der Waals surface area contributed by atoms with Gasteiger partial charge in [-0.2, -0.15) is 0 Å². The maximum Gasteiger partial charge on any atom is 0.317 e. The molecule has 2 aromatic carbocycles. The first kappa shape index (κ1) is 17.4. The van der Waals surface area contributed by atoms with E-state index in [0.717, 1.165) is 17.5 Å². The normalized spacial score (nSPS) is 19.6. The van der Waals surface area contributed by atoms with Gasteiger partial charge in [-0.3, -0.25) is 0 Å². The molecular formula is C20H23FN2O2. The molecule has 0 spiro atoms. The highest BCUT2D eigenvalue weighted by Gasteiger charge is 2.30. The van der Waals surface area contributed by atoms with Gasteiger partial charge in [-0.05, 0) is 29.7 Å². The zero-order valence-corrected chi connectivity index (χ0v) is 14.3. The number of urea groups is 1. The summed E-state index contributed by atoms with van der Waals surface area (Å²) in [5.41, 5.74) is 1.91. The number of amides is 2. The van der Waals surface area contributed by atoms with Crippen LogP contribution >= 0.6 is 0 Å². The molecule has 2 aromatic rings. The highest BCUT2D eigenvalue weighted by Crippen LogP contribution is 2.33. The molecule has 1 fully saturated rings. The average Bonchev–Trinajstić information content (AvgIpc) is 3.09. The fraction of sp³-hybridized carbons (Fsp3) is 0.350. The quantitative estimate of drug-likeness (QED) is 0.899. The van der Waals surface area contributed by atoms with Crippen LogP contribution in [0.15, 0.2) is 54.6 Å². The Bertz CT molecular complexity index is 708. The molecule has 1 aliphatic heterocycles. The Morgan fingerprint density at radius 3 is 2.80 bits per heavy atom. The van der Waals surface area contributed by atoms with Gasteiger partial charge in [0.1, 0.15) is 5.82 Å². The van der Waals surface area contributed by atoms with E-state index in [-0.39, 0.29) is 23.9 Å². The number of hydrogen-bond acceptors (Lipinski definition) is 2. The summed E-state index contributed by atoms with van der Waals surface area (Å²) in [7, 11) is 1.71. The Labute approximate surface area is 147 Å². The molecule has 5 heteroatoms. The highest BCUT2D eigenvalue weighted by atomic mass is 19.1. The van der Waals surface area contributed by atoms with Crippen LogP contribution < -0.4 is 5.32 Å². The summed E-state index contributed by atoms with van der Waals surface area (Å²) in [5, 5.41) is 2.97. The van der Waals surface area contributed by atoms with Gasteiger partial charge in [-0.15, -0.1) is 0 Å². The third-order valence-corrected chi connectivity index (χ3v) is 4.51. The molecule has 0 unspecified atom stereocenters. The second kappa shape index (κ2) is 8.12. The van der Waals surface area contributed by atoms with Crippen LogP contribution in [-0.2, 0) is 11.3 Å². The topological polar surface area (TPSA) is 41.6 Å². The maximum atomic E-state index is 13.2. The fourth-order valence-electron chi connectivity index (χ4n) is 3.19. The summed E-state index contributed by atoms with van der Waals surface area (Å²) >= 11 is 0. The Hall–Kier alpha value is -2.40. The van der Waals surface area contributed by atoms with Crippen molar-refractivity contribution in [3.8, 4) is 0 Å². The molecule has 0 aromatic heterocycles. The van der Waals surface area contributed by atoms with Gasteiger partial charge in [0, 0.05) is 32.7 Å². The van der Waals surface area contributed by atoms with Gasteiger partial charge in [0.25, 0.3) is 0 Å². The van der Waals surface area contributed by atoms with Crippen LogP contribution in [0.2, 0.25) is 0 Å². The first-order chi connectivity index (χ1) is 12.1. The van der Waals surface area contributed by atoms with Crippen LogP contribution in [0.5, 0.6) is 0 Å². The Morgan fingerprint density at radius 2 is 2.04 bits per heavy atom. The predicted octanol–water partition coefficient (Wildman–Crippen LogP) is 3.74. The van der Waals surface area contributed by atoms with Gasteiger partial charge < -0.3 is 15.0 Å². The number of nitrogens with one attached hydrogen (secondary N) is 1. The van der Waals surface area contributed by atoms with E-state index in [1.165, 1.54) is 12.1 Å². The Kier molecular flexibility index (Phi) is 5.66. The number of benzene rings is 2. The largest absolute Gasteiger partial charge is 0.373 e. The minimum absolute atomic E-state index is 0.0232. The van der Waals surface area contributed by atoms with Crippen LogP contribution in [0.25, 0.3) is 0 Å². The minimum atomic E-state index is -0.292. The van der Waals surface area contributed by atoms with Crippen LogP contribution in [0.4, 0.5) is 9.18 Å². The number of hydrogen-bond donors (Lipinski definition) is 1. The smallest absolute Gasteiger partial charge is 0.317 e. The number of carbonyl (C=O) groups is 1. The Balaban J connectivity index is 1.53. The zero-order chi connectivity index (χ0) is 17.6. The van der Waals surface area contributed by atoms with Crippen LogP contribution in [0, 0.1) is 11.7 Å². The molecule has 2 amide bonds. The maximum absolute atomic E-state index is 13.2. The van der Waals surface area contributed by atoms with Crippen molar-refractivity contribution in [3.05, 3.63) is 71.5 Å². The molecule has 4 nitrogen and oxygen atoms in total.